The van der Waals surface area contributed by atoms with E-state index in [9.17, 15) is 18.8 Å². The number of benzene rings is 1. The zero-order valence-electron chi connectivity index (χ0n) is 18.0. The average Bonchev–Trinajstić information content (AvgIpc) is 3.54. The van der Waals surface area contributed by atoms with Crippen LogP contribution in [-0.4, -0.2) is 40.3 Å². The lowest BCUT2D eigenvalue weighted by Gasteiger charge is -2.29. The number of amides is 1. The highest BCUT2D eigenvalue weighted by atomic mass is 19.1. The van der Waals surface area contributed by atoms with Gasteiger partial charge in [0.1, 0.15) is 11.5 Å². The lowest BCUT2D eigenvalue weighted by molar-refractivity contribution is -0.134. The Labute approximate surface area is 175 Å². The third kappa shape index (κ3) is 4.01. The van der Waals surface area contributed by atoms with Crippen LogP contribution in [0, 0.1) is 25.6 Å². The number of carbonyl (C=O) groups excluding carboxylic acids is 3. The van der Waals surface area contributed by atoms with Crippen LogP contribution >= 0.6 is 0 Å². The number of rotatable bonds is 7. The molecule has 1 aliphatic rings. The normalized spacial score (nSPS) is 14.3. The summed E-state index contributed by atoms with van der Waals surface area (Å²) >= 11 is 0. The minimum Gasteiger partial charge on any atom is -0.464 e. The second kappa shape index (κ2) is 8.42. The van der Waals surface area contributed by atoms with Crippen molar-refractivity contribution in [1.82, 2.24) is 9.47 Å². The minimum absolute atomic E-state index is 0.0655. The molecule has 0 saturated heterocycles. The van der Waals surface area contributed by atoms with Gasteiger partial charge >= 0.3 is 5.97 Å². The second-order valence-electron chi connectivity index (χ2n) is 7.89. The molecular formula is C23H27FN2O4. The van der Waals surface area contributed by atoms with Crippen LogP contribution in [0.4, 0.5) is 4.39 Å². The van der Waals surface area contributed by atoms with Gasteiger partial charge in [-0.2, -0.15) is 0 Å². The van der Waals surface area contributed by atoms with Gasteiger partial charge in [-0.15, -0.1) is 0 Å². The van der Waals surface area contributed by atoms with E-state index < -0.39 is 12.0 Å². The van der Waals surface area contributed by atoms with Crippen LogP contribution in [0.1, 0.15) is 57.4 Å². The Morgan fingerprint density at radius 2 is 1.80 bits per heavy atom. The van der Waals surface area contributed by atoms with Crippen molar-refractivity contribution in [1.29, 1.82) is 0 Å². The Morgan fingerprint density at radius 3 is 2.33 bits per heavy atom. The number of methoxy groups -OCH3 is 1. The Kier molecular flexibility index (Phi) is 6.10. The molecule has 1 aromatic carbocycles. The summed E-state index contributed by atoms with van der Waals surface area (Å²) in [6.07, 6.45) is 1.63. The first kappa shape index (κ1) is 21.7. The highest BCUT2D eigenvalue weighted by Gasteiger charge is 2.38. The van der Waals surface area contributed by atoms with E-state index in [2.05, 4.69) is 0 Å². The molecule has 0 radical (unpaired) electrons. The molecule has 0 spiro atoms. The number of carbonyl (C=O) groups is 3. The number of esters is 1. The number of halogens is 1. The number of hydrogen-bond acceptors (Lipinski definition) is 4. The molecule has 30 heavy (non-hydrogen) atoms. The Hall–Kier alpha value is -2.96. The zero-order valence-corrected chi connectivity index (χ0v) is 18.0. The maximum Gasteiger partial charge on any atom is 0.354 e. The van der Waals surface area contributed by atoms with Gasteiger partial charge < -0.3 is 14.2 Å². The van der Waals surface area contributed by atoms with Gasteiger partial charge in [-0.25, -0.2) is 9.18 Å². The lowest BCUT2D eigenvalue weighted by atomic mass is 9.99. The molecule has 7 heteroatoms. The molecule has 0 N–H and O–H groups in total. The first-order chi connectivity index (χ1) is 14.2. The number of Topliss-reactive ketones (excluding diaryl/α,β-unsaturated/α-hetero) is 1. The second-order valence-corrected chi connectivity index (χ2v) is 7.89. The third-order valence-corrected chi connectivity index (χ3v) is 5.88. The molecule has 3 rings (SSSR count). The van der Waals surface area contributed by atoms with Crippen molar-refractivity contribution in [2.45, 2.75) is 46.2 Å². The van der Waals surface area contributed by atoms with Crippen molar-refractivity contribution < 1.29 is 23.5 Å². The van der Waals surface area contributed by atoms with Crippen molar-refractivity contribution in [2.24, 2.45) is 13.0 Å². The lowest BCUT2D eigenvalue weighted by Crippen LogP contribution is -2.43. The summed E-state index contributed by atoms with van der Waals surface area (Å²) in [5.41, 5.74) is 2.69. The largest absolute Gasteiger partial charge is 0.464 e. The topological polar surface area (TPSA) is 68.6 Å². The molecule has 0 bridgehead atoms. The maximum atomic E-state index is 13.5. The van der Waals surface area contributed by atoms with Crippen molar-refractivity contribution in [3.05, 3.63) is 58.2 Å². The van der Waals surface area contributed by atoms with Crippen molar-refractivity contribution >= 4 is 17.7 Å². The molecule has 160 valence electrons. The van der Waals surface area contributed by atoms with E-state index in [0.29, 0.717) is 22.5 Å². The van der Waals surface area contributed by atoms with Crippen LogP contribution in [0.5, 0.6) is 0 Å². The van der Waals surface area contributed by atoms with E-state index in [1.165, 1.54) is 19.2 Å². The fourth-order valence-corrected chi connectivity index (χ4v) is 3.83. The van der Waals surface area contributed by atoms with Crippen molar-refractivity contribution in [2.75, 3.05) is 7.11 Å². The van der Waals surface area contributed by atoms with Crippen molar-refractivity contribution in [3.8, 4) is 0 Å². The third-order valence-electron chi connectivity index (χ3n) is 5.88. The summed E-state index contributed by atoms with van der Waals surface area (Å²) in [5.74, 6) is -1.23. The molecule has 6 nitrogen and oxygen atoms in total. The summed E-state index contributed by atoms with van der Waals surface area (Å²) in [4.78, 5) is 40.2. The van der Waals surface area contributed by atoms with Crippen LogP contribution in [-0.2, 0) is 23.1 Å². The van der Waals surface area contributed by atoms with Gasteiger partial charge in [0.2, 0.25) is 5.91 Å². The number of hydrogen-bond donors (Lipinski definition) is 0. The molecular weight excluding hydrogens is 387 g/mol. The predicted molar refractivity (Wildman–Crippen MR) is 110 cm³/mol. The predicted octanol–water partition coefficient (Wildman–Crippen LogP) is 3.58. The van der Waals surface area contributed by atoms with E-state index in [1.54, 1.807) is 49.4 Å². The molecule has 1 heterocycles. The van der Waals surface area contributed by atoms with Gasteiger partial charge in [0.05, 0.1) is 13.2 Å². The summed E-state index contributed by atoms with van der Waals surface area (Å²) in [7, 11) is 3.01. The molecule has 1 saturated carbocycles. The molecule has 1 aliphatic carbocycles. The Bertz CT molecular complexity index is 990. The van der Waals surface area contributed by atoms with Crippen LogP contribution in [0.2, 0.25) is 0 Å². The smallest absolute Gasteiger partial charge is 0.354 e. The van der Waals surface area contributed by atoms with Gasteiger partial charge in [0, 0.05) is 30.8 Å². The summed E-state index contributed by atoms with van der Waals surface area (Å²) in [6, 6.07) is 5.20. The average molecular weight is 414 g/mol. The quantitative estimate of drug-likeness (QED) is 0.513. The maximum absolute atomic E-state index is 13.5. The molecule has 1 fully saturated rings. The summed E-state index contributed by atoms with van der Waals surface area (Å²) < 4.78 is 19.8. The van der Waals surface area contributed by atoms with Gasteiger partial charge in [-0.05, 0) is 56.9 Å². The Morgan fingerprint density at radius 1 is 1.20 bits per heavy atom. The highest BCUT2D eigenvalue weighted by molar-refractivity contribution is 6.06. The number of aromatic nitrogens is 1. The fraction of sp³-hybridized carbons (Fsp3) is 0.435. The number of ether oxygens (including phenoxy) is 1. The number of nitrogens with zero attached hydrogens (tertiary/aromatic N) is 2. The van der Waals surface area contributed by atoms with Gasteiger partial charge in [-0.3, -0.25) is 9.59 Å². The minimum atomic E-state index is -0.728. The molecule has 1 unspecified atom stereocenters. The summed E-state index contributed by atoms with van der Waals surface area (Å²) in [5, 5.41) is 0. The van der Waals surface area contributed by atoms with Crippen LogP contribution in [0.25, 0.3) is 0 Å². The Balaban J connectivity index is 1.95. The van der Waals surface area contributed by atoms with E-state index in [-0.39, 0.29) is 30.0 Å². The zero-order chi connectivity index (χ0) is 22.2. The molecule has 1 amide bonds. The fourth-order valence-electron chi connectivity index (χ4n) is 3.83. The molecule has 0 aliphatic heterocycles. The summed E-state index contributed by atoms with van der Waals surface area (Å²) in [6.45, 7) is 5.41. The van der Waals surface area contributed by atoms with E-state index in [4.69, 9.17) is 4.74 Å². The molecule has 2 aromatic rings. The van der Waals surface area contributed by atoms with Crippen molar-refractivity contribution in [3.63, 3.8) is 0 Å². The number of ketones is 1. The molecule has 1 aromatic heterocycles. The van der Waals surface area contributed by atoms with E-state index >= 15 is 0 Å². The standard InChI is InChI=1S/C23H27FN2O4/c1-13-19(14(2)25(4)20(13)23(29)30-5)21(27)15(3)26(22(28)17-8-9-17)12-16-6-10-18(24)11-7-16/h6-7,10-11,15,17H,8-9,12H2,1-5H3. The first-order valence-electron chi connectivity index (χ1n) is 10.0. The van der Waals surface area contributed by atoms with E-state index in [0.717, 1.165) is 18.4 Å². The molecule has 1 atom stereocenters. The monoisotopic (exact) mass is 414 g/mol. The first-order valence-corrected chi connectivity index (χ1v) is 10.0. The van der Waals surface area contributed by atoms with E-state index in [1.807, 2.05) is 0 Å². The highest BCUT2D eigenvalue weighted by Crippen LogP contribution is 2.33. The van der Waals surface area contributed by atoms with Crippen LogP contribution in [0.15, 0.2) is 24.3 Å². The van der Waals surface area contributed by atoms with Crippen LogP contribution in [0.3, 0.4) is 0 Å². The van der Waals surface area contributed by atoms with Gasteiger partial charge in [0.15, 0.2) is 5.78 Å². The SMILES string of the molecule is COC(=O)c1c(C)c(C(=O)C(C)N(Cc2ccc(F)cc2)C(=O)C2CC2)c(C)n1C. The van der Waals surface area contributed by atoms with Gasteiger partial charge in [0.25, 0.3) is 0 Å². The van der Waals surface area contributed by atoms with Gasteiger partial charge in [-0.1, -0.05) is 12.1 Å². The van der Waals surface area contributed by atoms with Crippen LogP contribution < -0.4 is 0 Å².